The zero-order chi connectivity index (χ0) is 11.1. The molecule has 0 spiro atoms. The minimum absolute atomic E-state index is 0.293. The van der Waals surface area contributed by atoms with Crippen LogP contribution in [0.5, 0.6) is 0 Å². The maximum Gasteiger partial charge on any atom is 0.0446 e. The summed E-state index contributed by atoms with van der Waals surface area (Å²) in [5.41, 5.74) is 0. The van der Waals surface area contributed by atoms with Crippen LogP contribution in [0.2, 0.25) is 0 Å². The van der Waals surface area contributed by atoms with Crippen LogP contribution in [-0.4, -0.2) is 48.8 Å². The van der Waals surface area contributed by atoms with E-state index >= 15 is 0 Å². The van der Waals surface area contributed by atoms with Crippen LogP contribution in [0.15, 0.2) is 0 Å². The molecule has 0 saturated carbocycles. The smallest absolute Gasteiger partial charge is 0.0446 e. The molecule has 1 saturated heterocycles. The Labute approximate surface area is 93.9 Å². The highest BCUT2D eigenvalue weighted by Gasteiger charge is 2.19. The van der Waals surface area contributed by atoms with Crippen LogP contribution in [0.4, 0.5) is 0 Å². The molecule has 0 radical (unpaired) electrons. The van der Waals surface area contributed by atoms with Crippen molar-refractivity contribution in [3.8, 4) is 0 Å². The number of nitrogens with zero attached hydrogens (tertiary/aromatic N) is 1. The van der Waals surface area contributed by atoms with E-state index in [9.17, 15) is 0 Å². The standard InChI is InChI=1S/C12H26N2O/c1-3-13-12(6-8-15)10-14-7-4-5-11(2)9-14/h11-13,15H,3-10H2,1-2H3. The Morgan fingerprint density at radius 1 is 1.53 bits per heavy atom. The van der Waals surface area contributed by atoms with Gasteiger partial charge in [0.15, 0.2) is 0 Å². The second kappa shape index (κ2) is 7.20. The van der Waals surface area contributed by atoms with E-state index in [1.54, 1.807) is 0 Å². The Bertz CT molecular complexity index is 155. The fraction of sp³-hybridized carbons (Fsp3) is 1.00. The first-order valence-corrected chi connectivity index (χ1v) is 6.32. The van der Waals surface area contributed by atoms with Gasteiger partial charge in [0.25, 0.3) is 0 Å². The van der Waals surface area contributed by atoms with Gasteiger partial charge in [-0.05, 0) is 38.3 Å². The summed E-state index contributed by atoms with van der Waals surface area (Å²) in [6.45, 7) is 9.31. The summed E-state index contributed by atoms with van der Waals surface area (Å²) in [4.78, 5) is 2.54. The number of likely N-dealkylation sites (tertiary alicyclic amines) is 1. The average Bonchev–Trinajstić information content (AvgIpc) is 2.18. The monoisotopic (exact) mass is 214 g/mol. The van der Waals surface area contributed by atoms with E-state index in [4.69, 9.17) is 5.11 Å². The lowest BCUT2D eigenvalue weighted by atomic mass is 9.99. The first-order chi connectivity index (χ1) is 7.26. The molecule has 3 heteroatoms. The number of hydrogen-bond donors (Lipinski definition) is 2. The quantitative estimate of drug-likeness (QED) is 0.694. The van der Waals surface area contributed by atoms with E-state index in [2.05, 4.69) is 24.1 Å². The Morgan fingerprint density at radius 2 is 2.33 bits per heavy atom. The Balaban J connectivity index is 2.28. The van der Waals surface area contributed by atoms with Crippen LogP contribution >= 0.6 is 0 Å². The summed E-state index contributed by atoms with van der Waals surface area (Å²) in [5, 5.41) is 12.4. The Kier molecular flexibility index (Phi) is 6.22. The van der Waals surface area contributed by atoms with E-state index in [1.807, 2.05) is 0 Å². The summed E-state index contributed by atoms with van der Waals surface area (Å²) in [6, 6.07) is 0.463. The third-order valence-corrected chi connectivity index (χ3v) is 3.19. The predicted molar refractivity (Wildman–Crippen MR) is 64.0 cm³/mol. The minimum atomic E-state index is 0.293. The van der Waals surface area contributed by atoms with Crippen LogP contribution in [0.25, 0.3) is 0 Å². The summed E-state index contributed by atoms with van der Waals surface area (Å²) in [7, 11) is 0. The normalized spacial score (nSPS) is 25.4. The van der Waals surface area contributed by atoms with Gasteiger partial charge in [0.05, 0.1) is 0 Å². The van der Waals surface area contributed by atoms with E-state index in [1.165, 1.54) is 25.9 Å². The van der Waals surface area contributed by atoms with Crippen molar-refractivity contribution in [1.29, 1.82) is 0 Å². The summed E-state index contributed by atoms with van der Waals surface area (Å²) >= 11 is 0. The van der Waals surface area contributed by atoms with E-state index in [0.29, 0.717) is 12.6 Å². The minimum Gasteiger partial charge on any atom is -0.396 e. The Hall–Kier alpha value is -0.120. The largest absolute Gasteiger partial charge is 0.396 e. The molecule has 0 aromatic carbocycles. The van der Waals surface area contributed by atoms with Gasteiger partial charge in [-0.2, -0.15) is 0 Å². The van der Waals surface area contributed by atoms with Gasteiger partial charge in [0, 0.05) is 25.7 Å². The van der Waals surface area contributed by atoms with E-state index in [0.717, 1.165) is 25.4 Å². The van der Waals surface area contributed by atoms with Gasteiger partial charge in [0.2, 0.25) is 0 Å². The van der Waals surface area contributed by atoms with Crippen molar-refractivity contribution in [2.75, 3.05) is 32.8 Å². The summed E-state index contributed by atoms with van der Waals surface area (Å²) in [5.74, 6) is 0.843. The summed E-state index contributed by atoms with van der Waals surface area (Å²) in [6.07, 6.45) is 3.58. The molecule has 0 bridgehead atoms. The SMILES string of the molecule is CCNC(CCO)CN1CCCC(C)C1. The molecule has 0 amide bonds. The van der Waals surface area contributed by atoms with Crippen LogP contribution in [0.1, 0.15) is 33.1 Å². The molecule has 0 aliphatic carbocycles. The number of piperidine rings is 1. The topological polar surface area (TPSA) is 35.5 Å². The number of nitrogens with one attached hydrogen (secondary N) is 1. The number of rotatable bonds is 6. The Morgan fingerprint density at radius 3 is 2.93 bits per heavy atom. The molecule has 1 rings (SSSR count). The first-order valence-electron chi connectivity index (χ1n) is 6.32. The van der Waals surface area contributed by atoms with Crippen LogP contribution < -0.4 is 5.32 Å². The number of aliphatic hydroxyl groups excluding tert-OH is 1. The molecule has 1 fully saturated rings. The van der Waals surface area contributed by atoms with Gasteiger partial charge in [-0.1, -0.05) is 13.8 Å². The highest BCUT2D eigenvalue weighted by atomic mass is 16.3. The molecular weight excluding hydrogens is 188 g/mol. The van der Waals surface area contributed by atoms with Crippen LogP contribution in [0, 0.1) is 5.92 Å². The molecule has 0 aromatic heterocycles. The second-order valence-corrected chi connectivity index (χ2v) is 4.77. The van der Waals surface area contributed by atoms with Gasteiger partial charge in [0.1, 0.15) is 0 Å². The molecular formula is C12H26N2O. The average molecular weight is 214 g/mol. The predicted octanol–water partition coefficient (Wildman–Crippen LogP) is 1.08. The maximum atomic E-state index is 8.99. The molecule has 2 unspecified atom stereocenters. The van der Waals surface area contributed by atoms with Crippen molar-refractivity contribution in [3.05, 3.63) is 0 Å². The fourth-order valence-electron chi connectivity index (χ4n) is 2.47. The van der Waals surface area contributed by atoms with Crippen molar-refractivity contribution >= 4 is 0 Å². The molecule has 1 heterocycles. The fourth-order valence-corrected chi connectivity index (χ4v) is 2.47. The van der Waals surface area contributed by atoms with E-state index < -0.39 is 0 Å². The van der Waals surface area contributed by atoms with Gasteiger partial charge in [-0.25, -0.2) is 0 Å². The lowest BCUT2D eigenvalue weighted by Crippen LogP contribution is -2.45. The molecule has 1 aliphatic heterocycles. The zero-order valence-corrected chi connectivity index (χ0v) is 10.2. The van der Waals surface area contributed by atoms with Crippen molar-refractivity contribution in [1.82, 2.24) is 10.2 Å². The van der Waals surface area contributed by atoms with Crippen molar-refractivity contribution in [2.24, 2.45) is 5.92 Å². The number of hydrogen-bond acceptors (Lipinski definition) is 3. The van der Waals surface area contributed by atoms with Crippen molar-refractivity contribution < 1.29 is 5.11 Å². The molecule has 1 aliphatic rings. The summed E-state index contributed by atoms with van der Waals surface area (Å²) < 4.78 is 0. The van der Waals surface area contributed by atoms with Gasteiger partial charge in [-0.3, -0.25) is 0 Å². The highest BCUT2D eigenvalue weighted by Crippen LogP contribution is 2.15. The lowest BCUT2D eigenvalue weighted by Gasteiger charge is -2.33. The molecule has 90 valence electrons. The molecule has 2 atom stereocenters. The van der Waals surface area contributed by atoms with Crippen molar-refractivity contribution in [2.45, 2.75) is 39.2 Å². The highest BCUT2D eigenvalue weighted by molar-refractivity contribution is 4.76. The lowest BCUT2D eigenvalue weighted by molar-refractivity contribution is 0.156. The van der Waals surface area contributed by atoms with Gasteiger partial charge >= 0.3 is 0 Å². The molecule has 3 nitrogen and oxygen atoms in total. The third kappa shape index (κ3) is 4.96. The third-order valence-electron chi connectivity index (χ3n) is 3.19. The van der Waals surface area contributed by atoms with Gasteiger partial charge in [-0.15, -0.1) is 0 Å². The van der Waals surface area contributed by atoms with Crippen LogP contribution in [0.3, 0.4) is 0 Å². The van der Waals surface area contributed by atoms with E-state index in [-0.39, 0.29) is 0 Å². The van der Waals surface area contributed by atoms with Gasteiger partial charge < -0.3 is 15.3 Å². The number of aliphatic hydroxyl groups is 1. The zero-order valence-electron chi connectivity index (χ0n) is 10.2. The maximum absolute atomic E-state index is 8.99. The number of likely N-dealkylation sites (N-methyl/N-ethyl adjacent to an activating group) is 1. The molecule has 15 heavy (non-hydrogen) atoms. The first kappa shape index (κ1) is 12.9. The molecule has 2 N–H and O–H groups in total. The van der Waals surface area contributed by atoms with Crippen molar-refractivity contribution in [3.63, 3.8) is 0 Å². The van der Waals surface area contributed by atoms with Crippen LogP contribution in [-0.2, 0) is 0 Å². The second-order valence-electron chi connectivity index (χ2n) is 4.77. The molecule has 0 aromatic rings.